The van der Waals surface area contributed by atoms with Crippen LogP contribution in [0, 0.1) is 5.92 Å². The molecule has 0 spiro atoms. The topological polar surface area (TPSA) is 83.1 Å². The zero-order valence-corrected chi connectivity index (χ0v) is 29.3. The van der Waals surface area contributed by atoms with Gasteiger partial charge in [0.05, 0.1) is 37.1 Å². The number of Topliss-reactive ketones (excluding diaryl/α,β-unsaturated/α-hetero) is 1. The van der Waals surface area contributed by atoms with Gasteiger partial charge in [0.1, 0.15) is 12.7 Å². The highest BCUT2D eigenvalue weighted by Gasteiger charge is 2.51. The molecule has 0 saturated carbocycles. The molecule has 1 aliphatic heterocycles. The standard InChI is InChI=1S/C41H55NO6/c1-5-37-31(2)38(45-28-33-20-12-9-13-21-33)39(46-29-34-22-14-10-15-23-34)41(4,48-37)27-19-8-6-7-18-26-36(32(3)43)42-40(44)47-30-35-24-16-11-17-25-35/h9-17,20-25,31,36-39H,5-8,18-19,26-30H2,1-4H3,(H,42,44)/t31-,36-,37+,38-,39+,41-/m0/s1. The lowest BCUT2D eigenvalue weighted by atomic mass is 9.78. The molecule has 0 radical (unpaired) electrons. The summed E-state index contributed by atoms with van der Waals surface area (Å²) in [7, 11) is 0. The first-order valence-electron chi connectivity index (χ1n) is 17.8. The van der Waals surface area contributed by atoms with Crippen LogP contribution >= 0.6 is 0 Å². The zero-order chi connectivity index (χ0) is 34.2. The molecule has 0 aromatic heterocycles. The number of alkyl carbamates (subject to hydrolysis) is 1. The third kappa shape index (κ3) is 11.6. The fraction of sp³-hybridized carbons (Fsp3) is 0.512. The van der Waals surface area contributed by atoms with Gasteiger partial charge >= 0.3 is 6.09 Å². The predicted octanol–water partition coefficient (Wildman–Crippen LogP) is 8.98. The first-order chi connectivity index (χ1) is 23.3. The first-order valence-corrected chi connectivity index (χ1v) is 17.8. The minimum atomic E-state index is -0.561. The normalized spacial score (nSPS) is 22.9. The van der Waals surface area contributed by atoms with Gasteiger partial charge in [-0.15, -0.1) is 0 Å². The fourth-order valence-corrected chi connectivity index (χ4v) is 6.69. The van der Waals surface area contributed by atoms with E-state index in [9.17, 15) is 9.59 Å². The Morgan fingerprint density at radius 3 is 1.85 bits per heavy atom. The van der Waals surface area contributed by atoms with Gasteiger partial charge in [0.15, 0.2) is 5.78 Å². The number of amides is 1. The molecule has 1 heterocycles. The molecule has 7 heteroatoms. The fourth-order valence-electron chi connectivity index (χ4n) is 6.69. The highest BCUT2D eigenvalue weighted by Crippen LogP contribution is 2.41. The average molecular weight is 658 g/mol. The van der Waals surface area contributed by atoms with Crippen LogP contribution in [0.5, 0.6) is 0 Å². The van der Waals surface area contributed by atoms with E-state index < -0.39 is 17.7 Å². The molecule has 260 valence electrons. The summed E-state index contributed by atoms with van der Waals surface area (Å²) in [6.45, 7) is 9.36. The number of carbonyl (C=O) groups excluding carboxylic acids is 2. The van der Waals surface area contributed by atoms with Gasteiger partial charge in [-0.05, 0) is 49.8 Å². The molecule has 3 aromatic rings. The molecule has 1 amide bonds. The minimum Gasteiger partial charge on any atom is -0.445 e. The number of ketones is 1. The number of rotatable bonds is 19. The van der Waals surface area contributed by atoms with Crippen LogP contribution in [0.2, 0.25) is 0 Å². The molecular weight excluding hydrogens is 602 g/mol. The molecule has 1 saturated heterocycles. The quantitative estimate of drug-likeness (QED) is 0.130. The Hall–Kier alpha value is -3.52. The van der Waals surface area contributed by atoms with E-state index in [2.05, 4.69) is 50.4 Å². The monoisotopic (exact) mass is 657 g/mol. The second-order valence-corrected chi connectivity index (χ2v) is 13.4. The summed E-state index contributed by atoms with van der Waals surface area (Å²) < 4.78 is 25.7. The molecule has 3 aromatic carbocycles. The largest absolute Gasteiger partial charge is 0.445 e. The Bertz CT molecular complexity index is 1350. The summed E-state index contributed by atoms with van der Waals surface area (Å²) in [4.78, 5) is 24.6. The molecule has 48 heavy (non-hydrogen) atoms. The number of hydrogen-bond donors (Lipinski definition) is 1. The van der Waals surface area contributed by atoms with Crippen molar-refractivity contribution in [2.45, 2.75) is 129 Å². The highest BCUT2D eigenvalue weighted by molar-refractivity contribution is 5.85. The van der Waals surface area contributed by atoms with E-state index in [1.807, 2.05) is 66.7 Å². The van der Waals surface area contributed by atoms with Crippen LogP contribution in [0.15, 0.2) is 91.0 Å². The van der Waals surface area contributed by atoms with Crippen molar-refractivity contribution >= 4 is 11.9 Å². The maximum absolute atomic E-state index is 12.3. The van der Waals surface area contributed by atoms with E-state index in [-0.39, 0.29) is 36.6 Å². The van der Waals surface area contributed by atoms with Gasteiger partial charge in [0.2, 0.25) is 0 Å². The van der Waals surface area contributed by atoms with Gasteiger partial charge in [0.25, 0.3) is 0 Å². The molecule has 6 atom stereocenters. The van der Waals surface area contributed by atoms with E-state index in [4.69, 9.17) is 18.9 Å². The third-order valence-electron chi connectivity index (χ3n) is 9.55. The summed E-state index contributed by atoms with van der Waals surface area (Å²) in [5.74, 6) is 0.130. The van der Waals surface area contributed by atoms with Crippen LogP contribution in [0.25, 0.3) is 0 Å². The zero-order valence-electron chi connectivity index (χ0n) is 29.3. The second kappa shape index (κ2) is 19.5. The van der Waals surface area contributed by atoms with Gasteiger partial charge in [-0.2, -0.15) is 0 Å². The number of benzene rings is 3. The van der Waals surface area contributed by atoms with Crippen LogP contribution in [0.1, 0.15) is 95.8 Å². The van der Waals surface area contributed by atoms with E-state index in [1.165, 1.54) is 6.92 Å². The van der Waals surface area contributed by atoms with E-state index in [0.717, 1.165) is 61.6 Å². The number of nitrogens with one attached hydrogen (secondary N) is 1. The average Bonchev–Trinajstić information content (AvgIpc) is 3.10. The van der Waals surface area contributed by atoms with Crippen molar-refractivity contribution in [1.29, 1.82) is 0 Å². The molecule has 7 nitrogen and oxygen atoms in total. The molecule has 0 bridgehead atoms. The van der Waals surface area contributed by atoms with Crippen molar-refractivity contribution in [1.82, 2.24) is 5.32 Å². The molecule has 4 rings (SSSR count). The van der Waals surface area contributed by atoms with Crippen molar-refractivity contribution in [3.63, 3.8) is 0 Å². The number of hydrogen-bond acceptors (Lipinski definition) is 6. The SMILES string of the molecule is CC[C@H]1O[C@@](C)(CCCCCCC[C@H](NC(=O)OCc2ccccc2)C(C)=O)[C@H](OCc2ccccc2)[C@@H](OCc2ccccc2)[C@H]1C. The summed E-state index contributed by atoms with van der Waals surface area (Å²) in [5, 5.41) is 2.75. The van der Waals surface area contributed by atoms with E-state index >= 15 is 0 Å². The molecule has 1 N–H and O–H groups in total. The van der Waals surface area contributed by atoms with Crippen LogP contribution in [0.4, 0.5) is 4.79 Å². The maximum atomic E-state index is 12.3. The lowest BCUT2D eigenvalue weighted by molar-refractivity contribution is -0.273. The smallest absolute Gasteiger partial charge is 0.408 e. The number of carbonyl (C=O) groups is 2. The molecule has 0 aliphatic carbocycles. The highest BCUT2D eigenvalue weighted by atomic mass is 16.6. The number of unbranched alkanes of at least 4 members (excludes halogenated alkanes) is 4. The maximum Gasteiger partial charge on any atom is 0.408 e. The molecule has 1 aliphatic rings. The van der Waals surface area contributed by atoms with Crippen molar-refractivity contribution in [3.05, 3.63) is 108 Å². The van der Waals surface area contributed by atoms with Gasteiger partial charge < -0.3 is 24.3 Å². The third-order valence-corrected chi connectivity index (χ3v) is 9.55. The number of ether oxygens (including phenoxy) is 4. The first kappa shape index (κ1) is 37.3. The van der Waals surface area contributed by atoms with Crippen LogP contribution in [-0.2, 0) is 43.6 Å². The Labute approximate surface area is 287 Å². The Morgan fingerprint density at radius 2 is 1.29 bits per heavy atom. The van der Waals surface area contributed by atoms with Gasteiger partial charge in [0, 0.05) is 5.92 Å². The van der Waals surface area contributed by atoms with Crippen molar-refractivity contribution in [2.24, 2.45) is 5.92 Å². The van der Waals surface area contributed by atoms with Gasteiger partial charge in [-0.1, -0.05) is 137 Å². The van der Waals surface area contributed by atoms with Crippen LogP contribution in [-0.4, -0.2) is 41.8 Å². The summed E-state index contributed by atoms with van der Waals surface area (Å²) in [6, 6.07) is 29.6. The van der Waals surface area contributed by atoms with Crippen LogP contribution < -0.4 is 5.32 Å². The van der Waals surface area contributed by atoms with Gasteiger partial charge in [-0.3, -0.25) is 4.79 Å². The molecular formula is C41H55NO6. The van der Waals surface area contributed by atoms with Crippen molar-refractivity contribution in [3.8, 4) is 0 Å². The van der Waals surface area contributed by atoms with E-state index in [0.29, 0.717) is 19.6 Å². The summed E-state index contributed by atoms with van der Waals surface area (Å²) in [6.07, 6.45) is 6.50. The predicted molar refractivity (Wildman–Crippen MR) is 189 cm³/mol. The lowest BCUT2D eigenvalue weighted by Gasteiger charge is -2.51. The van der Waals surface area contributed by atoms with E-state index in [1.54, 1.807) is 0 Å². The summed E-state index contributed by atoms with van der Waals surface area (Å²) >= 11 is 0. The Balaban J connectivity index is 1.28. The minimum absolute atomic E-state index is 0.0562. The van der Waals surface area contributed by atoms with Crippen molar-refractivity contribution in [2.75, 3.05) is 0 Å². The lowest BCUT2D eigenvalue weighted by Crippen LogP contribution is -2.61. The molecule has 0 unspecified atom stereocenters. The summed E-state index contributed by atoms with van der Waals surface area (Å²) in [5.41, 5.74) is 2.70. The Morgan fingerprint density at radius 1 is 0.771 bits per heavy atom. The molecule has 1 fully saturated rings. The second-order valence-electron chi connectivity index (χ2n) is 13.4. The Kier molecular flexibility index (Phi) is 15.1. The van der Waals surface area contributed by atoms with Gasteiger partial charge in [-0.25, -0.2) is 4.79 Å². The van der Waals surface area contributed by atoms with Crippen LogP contribution in [0.3, 0.4) is 0 Å². The van der Waals surface area contributed by atoms with Crippen molar-refractivity contribution < 1.29 is 28.5 Å².